The Balaban J connectivity index is 0.00000161. The van der Waals surface area contributed by atoms with E-state index < -0.39 is 6.29 Å². The summed E-state index contributed by atoms with van der Waals surface area (Å²) in [5.41, 5.74) is 0.418. The summed E-state index contributed by atoms with van der Waals surface area (Å²) in [6.45, 7) is 1.76. The lowest BCUT2D eigenvalue weighted by Gasteiger charge is -2.09. The number of ether oxygens (including phenoxy) is 2. The van der Waals surface area contributed by atoms with Crippen LogP contribution in [0.25, 0.3) is 0 Å². The number of benzene rings is 1. The average Bonchev–Trinajstić information content (AvgIpc) is 2.94. The lowest BCUT2D eigenvalue weighted by Crippen LogP contribution is -2.25. The van der Waals surface area contributed by atoms with Crippen LogP contribution in [0.15, 0.2) is 18.2 Å². The second-order valence-electron chi connectivity index (χ2n) is 4.94. The van der Waals surface area contributed by atoms with Crippen molar-refractivity contribution >= 4 is 24.0 Å². The predicted molar refractivity (Wildman–Crippen MR) is 74.1 cm³/mol. The Morgan fingerprint density at radius 3 is 2.86 bits per heavy atom. The summed E-state index contributed by atoms with van der Waals surface area (Å²) in [4.78, 5) is 11.8. The summed E-state index contributed by atoms with van der Waals surface area (Å²) in [5.74, 6) is 0.0843. The molecule has 2 N–H and O–H groups in total. The van der Waals surface area contributed by atoms with E-state index in [4.69, 9.17) is 0 Å². The van der Waals surface area contributed by atoms with Crippen molar-refractivity contribution in [3.8, 4) is 11.5 Å². The van der Waals surface area contributed by atoms with E-state index in [0.29, 0.717) is 18.0 Å². The number of amides is 1. The van der Waals surface area contributed by atoms with Crippen LogP contribution in [0.2, 0.25) is 0 Å². The van der Waals surface area contributed by atoms with E-state index in [0.717, 1.165) is 19.5 Å². The number of hydrogen-bond acceptors (Lipinski definition) is 4. The maximum atomic E-state index is 12.9. The molecule has 0 bridgehead atoms. The summed E-state index contributed by atoms with van der Waals surface area (Å²) in [7, 11) is 0. The van der Waals surface area contributed by atoms with Crippen LogP contribution < -0.4 is 20.1 Å². The standard InChI is InChI=1S/C13H14F2N2O3.ClH/c14-13(15)19-10-2-1-9(6-11(10)20-13)17-12(18)5-8-3-4-16-7-8;/h1-2,6,8,16H,3-5,7H2,(H,17,18);1H. The molecule has 0 spiro atoms. The summed E-state index contributed by atoms with van der Waals surface area (Å²) >= 11 is 0. The van der Waals surface area contributed by atoms with Crippen molar-refractivity contribution in [2.75, 3.05) is 18.4 Å². The van der Waals surface area contributed by atoms with Gasteiger partial charge in [0.25, 0.3) is 0 Å². The first-order valence-electron chi connectivity index (χ1n) is 6.42. The van der Waals surface area contributed by atoms with Crippen molar-refractivity contribution in [1.82, 2.24) is 5.32 Å². The van der Waals surface area contributed by atoms with Crippen LogP contribution in [0.3, 0.4) is 0 Å². The molecule has 21 heavy (non-hydrogen) atoms. The van der Waals surface area contributed by atoms with Crippen LogP contribution in [0, 0.1) is 5.92 Å². The smallest absolute Gasteiger partial charge is 0.395 e. The van der Waals surface area contributed by atoms with Gasteiger partial charge in [-0.2, -0.15) is 0 Å². The average molecular weight is 321 g/mol. The fourth-order valence-corrected chi connectivity index (χ4v) is 2.39. The molecule has 0 aromatic heterocycles. The number of carbonyl (C=O) groups is 1. The van der Waals surface area contributed by atoms with Crippen molar-refractivity contribution < 1.29 is 23.0 Å². The summed E-state index contributed by atoms with van der Waals surface area (Å²) in [6.07, 6.45) is -2.25. The van der Waals surface area contributed by atoms with Gasteiger partial charge in [-0.25, -0.2) is 0 Å². The highest BCUT2D eigenvalue weighted by molar-refractivity contribution is 5.91. The molecule has 1 aromatic rings. The topological polar surface area (TPSA) is 59.6 Å². The zero-order chi connectivity index (χ0) is 14.2. The van der Waals surface area contributed by atoms with Crippen LogP contribution in [0.4, 0.5) is 14.5 Å². The highest BCUT2D eigenvalue weighted by Gasteiger charge is 2.43. The van der Waals surface area contributed by atoms with Gasteiger partial charge in [-0.3, -0.25) is 4.79 Å². The van der Waals surface area contributed by atoms with Gasteiger partial charge in [0.2, 0.25) is 5.91 Å². The van der Waals surface area contributed by atoms with Gasteiger partial charge in [-0.05, 0) is 37.6 Å². The number of carbonyl (C=O) groups excluding carboxylic acids is 1. The molecule has 0 saturated carbocycles. The Morgan fingerprint density at radius 1 is 1.38 bits per heavy atom. The first kappa shape index (κ1) is 15.8. The van der Waals surface area contributed by atoms with Gasteiger partial charge < -0.3 is 20.1 Å². The fourth-order valence-electron chi connectivity index (χ4n) is 2.39. The second-order valence-corrected chi connectivity index (χ2v) is 4.94. The number of nitrogens with one attached hydrogen (secondary N) is 2. The van der Waals surface area contributed by atoms with Gasteiger partial charge in [0, 0.05) is 18.2 Å². The van der Waals surface area contributed by atoms with Crippen LogP contribution in [0.1, 0.15) is 12.8 Å². The molecule has 1 saturated heterocycles. The Labute approximate surface area is 126 Å². The van der Waals surface area contributed by atoms with E-state index in [2.05, 4.69) is 20.1 Å². The highest BCUT2D eigenvalue weighted by Crippen LogP contribution is 2.42. The van der Waals surface area contributed by atoms with Gasteiger partial charge >= 0.3 is 6.29 Å². The Morgan fingerprint density at radius 2 is 2.14 bits per heavy atom. The molecular weight excluding hydrogens is 306 g/mol. The molecule has 116 valence electrons. The molecule has 2 heterocycles. The van der Waals surface area contributed by atoms with Crippen LogP contribution in [-0.2, 0) is 4.79 Å². The van der Waals surface area contributed by atoms with E-state index in [1.54, 1.807) is 0 Å². The third-order valence-corrected chi connectivity index (χ3v) is 3.32. The number of hydrogen-bond donors (Lipinski definition) is 2. The Bertz CT molecular complexity index is 536. The van der Waals surface area contributed by atoms with E-state index in [9.17, 15) is 13.6 Å². The molecule has 3 rings (SSSR count). The molecule has 1 amide bonds. The third kappa shape index (κ3) is 3.74. The minimum atomic E-state index is -3.64. The molecule has 1 atom stereocenters. The first-order chi connectivity index (χ1) is 9.52. The van der Waals surface area contributed by atoms with Gasteiger partial charge in [-0.15, -0.1) is 21.2 Å². The molecule has 0 aliphatic carbocycles. The SMILES string of the molecule is Cl.O=C(CC1CCNC1)Nc1ccc2c(c1)OC(F)(F)O2. The zero-order valence-corrected chi connectivity index (χ0v) is 11.8. The monoisotopic (exact) mass is 320 g/mol. The maximum absolute atomic E-state index is 12.9. The van der Waals surface area contributed by atoms with Crippen LogP contribution in [0.5, 0.6) is 11.5 Å². The van der Waals surface area contributed by atoms with Gasteiger partial charge in [0.15, 0.2) is 11.5 Å². The van der Waals surface area contributed by atoms with Gasteiger partial charge in [0.1, 0.15) is 0 Å². The molecule has 1 aromatic carbocycles. The highest BCUT2D eigenvalue weighted by atomic mass is 35.5. The van der Waals surface area contributed by atoms with Crippen molar-refractivity contribution in [1.29, 1.82) is 0 Å². The fraction of sp³-hybridized carbons (Fsp3) is 0.462. The first-order valence-corrected chi connectivity index (χ1v) is 6.42. The molecule has 2 aliphatic rings. The van der Waals surface area contributed by atoms with Crippen molar-refractivity contribution in [3.05, 3.63) is 18.2 Å². The van der Waals surface area contributed by atoms with E-state index >= 15 is 0 Å². The molecule has 5 nitrogen and oxygen atoms in total. The zero-order valence-electron chi connectivity index (χ0n) is 11.0. The third-order valence-electron chi connectivity index (χ3n) is 3.32. The number of fused-ring (bicyclic) bond motifs is 1. The summed E-state index contributed by atoms with van der Waals surface area (Å²) in [6, 6.07) is 4.19. The maximum Gasteiger partial charge on any atom is 0.586 e. The molecule has 2 aliphatic heterocycles. The van der Waals surface area contributed by atoms with Crippen molar-refractivity contribution in [3.63, 3.8) is 0 Å². The molecule has 8 heteroatoms. The van der Waals surface area contributed by atoms with Gasteiger partial charge in [-0.1, -0.05) is 0 Å². The minimum absolute atomic E-state index is 0. The molecular formula is C13H15ClF2N2O3. The van der Waals surface area contributed by atoms with Crippen molar-refractivity contribution in [2.24, 2.45) is 5.92 Å². The predicted octanol–water partition coefficient (Wildman–Crippen LogP) is 2.37. The van der Waals surface area contributed by atoms with E-state index in [-0.39, 0.29) is 29.8 Å². The number of halogens is 3. The van der Waals surface area contributed by atoms with Gasteiger partial charge in [0.05, 0.1) is 0 Å². The largest absolute Gasteiger partial charge is 0.586 e. The lowest BCUT2D eigenvalue weighted by molar-refractivity contribution is -0.286. The number of alkyl halides is 2. The summed E-state index contributed by atoms with van der Waals surface area (Å²) in [5, 5.41) is 5.86. The van der Waals surface area contributed by atoms with Crippen LogP contribution >= 0.6 is 12.4 Å². The quantitative estimate of drug-likeness (QED) is 0.897. The lowest BCUT2D eigenvalue weighted by atomic mass is 10.0. The van der Waals surface area contributed by atoms with Crippen LogP contribution in [-0.4, -0.2) is 25.3 Å². The number of rotatable bonds is 3. The summed E-state index contributed by atoms with van der Waals surface area (Å²) < 4.78 is 34.3. The Hall–Kier alpha value is -1.60. The molecule has 0 radical (unpaired) electrons. The molecule has 1 unspecified atom stereocenters. The minimum Gasteiger partial charge on any atom is -0.395 e. The second kappa shape index (κ2) is 6.03. The molecule has 1 fully saturated rings. The number of anilines is 1. The van der Waals surface area contributed by atoms with E-state index in [1.807, 2.05) is 0 Å². The Kier molecular flexibility index (Phi) is 4.53. The normalized spacial score (nSPS) is 21.7. The van der Waals surface area contributed by atoms with E-state index in [1.165, 1.54) is 18.2 Å². The van der Waals surface area contributed by atoms with Crippen molar-refractivity contribution in [2.45, 2.75) is 19.1 Å².